The Balaban J connectivity index is 0.000000130. The molecule has 0 atom stereocenters. The molecule has 6 rings (SSSR count). The molecule has 3 aromatic heterocycles. The number of methoxy groups -OCH3 is 1. The van der Waals surface area contributed by atoms with Crippen LogP contribution < -0.4 is 16.0 Å². The van der Waals surface area contributed by atoms with Gasteiger partial charge in [0.1, 0.15) is 5.15 Å². The fraction of sp³-hybridized carbons (Fsp3) is 0.0400. The van der Waals surface area contributed by atoms with Crippen LogP contribution in [0.3, 0.4) is 0 Å². The van der Waals surface area contributed by atoms with Crippen molar-refractivity contribution < 1.29 is 4.74 Å². The van der Waals surface area contributed by atoms with Crippen LogP contribution in [0.15, 0.2) is 82.4 Å². The van der Waals surface area contributed by atoms with Gasteiger partial charge in [0.15, 0.2) is 0 Å². The summed E-state index contributed by atoms with van der Waals surface area (Å²) in [5.74, 6) is 0.510. The smallest absolute Gasteiger partial charge is 0.326 e. The molecule has 9 nitrogen and oxygen atoms in total. The van der Waals surface area contributed by atoms with Crippen LogP contribution in [0, 0.1) is 0 Å². The number of nitrogens with zero attached hydrogens (tertiary/aromatic N) is 4. The third-order valence-electron chi connectivity index (χ3n) is 4.91. The van der Waals surface area contributed by atoms with Crippen LogP contribution in [-0.4, -0.2) is 37.0 Å². The quantitative estimate of drug-likeness (QED) is 0.204. The van der Waals surface area contributed by atoms with Crippen molar-refractivity contribution in [3.05, 3.63) is 109 Å². The summed E-state index contributed by atoms with van der Waals surface area (Å²) >= 11 is 17.1. The predicted molar refractivity (Wildman–Crippen MR) is 146 cm³/mol. The molecule has 0 spiro atoms. The van der Waals surface area contributed by atoms with Gasteiger partial charge >= 0.3 is 5.69 Å². The first-order valence-electron chi connectivity index (χ1n) is 10.6. The summed E-state index contributed by atoms with van der Waals surface area (Å²) in [4.78, 5) is 42.4. The third-order valence-corrected chi connectivity index (χ3v) is 5.54. The Bertz CT molecular complexity index is 1820. The van der Waals surface area contributed by atoms with E-state index in [1.54, 1.807) is 31.4 Å². The van der Waals surface area contributed by atoms with Gasteiger partial charge in [0.25, 0.3) is 5.56 Å². The molecule has 0 fully saturated rings. The number of hydrogen-bond donors (Lipinski definition) is 2. The van der Waals surface area contributed by atoms with Crippen molar-refractivity contribution in [1.29, 1.82) is 0 Å². The number of nitrogens with one attached hydrogen (secondary N) is 2. The van der Waals surface area contributed by atoms with E-state index in [4.69, 9.17) is 39.5 Å². The molecule has 0 radical (unpaired) electrons. The first-order chi connectivity index (χ1) is 17.9. The lowest BCUT2D eigenvalue weighted by Crippen LogP contribution is -2.21. The molecule has 0 saturated heterocycles. The number of halogens is 3. The van der Waals surface area contributed by atoms with Gasteiger partial charge in [-0.1, -0.05) is 48.0 Å². The van der Waals surface area contributed by atoms with E-state index in [0.717, 1.165) is 21.8 Å². The molecule has 186 valence electrons. The van der Waals surface area contributed by atoms with E-state index in [2.05, 4.69) is 29.9 Å². The number of fused-ring (bicyclic) bond motifs is 3. The van der Waals surface area contributed by atoms with Gasteiger partial charge in [-0.15, -0.1) is 0 Å². The zero-order chi connectivity index (χ0) is 26.4. The van der Waals surface area contributed by atoms with Gasteiger partial charge in [-0.25, -0.2) is 19.7 Å². The number of rotatable bonds is 1. The fourth-order valence-corrected chi connectivity index (χ4v) is 3.93. The molecule has 2 N–H and O–H groups in total. The second-order valence-corrected chi connectivity index (χ2v) is 8.31. The first-order valence-corrected chi connectivity index (χ1v) is 11.7. The molecule has 12 heteroatoms. The van der Waals surface area contributed by atoms with Gasteiger partial charge in [-0.3, -0.25) is 9.78 Å². The molecule has 3 aromatic carbocycles. The van der Waals surface area contributed by atoms with Crippen LogP contribution in [0.25, 0.3) is 32.7 Å². The second kappa shape index (κ2) is 11.8. The Labute approximate surface area is 224 Å². The van der Waals surface area contributed by atoms with E-state index in [1.165, 1.54) is 0 Å². The summed E-state index contributed by atoms with van der Waals surface area (Å²) in [6.07, 6.45) is 0. The topological polar surface area (TPSA) is 127 Å². The van der Waals surface area contributed by atoms with Crippen molar-refractivity contribution in [2.24, 2.45) is 0 Å². The van der Waals surface area contributed by atoms with Crippen LogP contribution in [0.1, 0.15) is 0 Å². The van der Waals surface area contributed by atoms with Crippen LogP contribution in [0.2, 0.25) is 15.7 Å². The Hall–Kier alpha value is -4.05. The van der Waals surface area contributed by atoms with E-state index in [-0.39, 0.29) is 16.1 Å². The van der Waals surface area contributed by atoms with Gasteiger partial charge in [0, 0.05) is 5.39 Å². The Morgan fingerprint density at radius 1 is 0.649 bits per heavy atom. The molecule has 0 aliphatic carbocycles. The average molecular weight is 556 g/mol. The van der Waals surface area contributed by atoms with E-state index in [1.807, 2.05) is 48.5 Å². The summed E-state index contributed by atoms with van der Waals surface area (Å²) in [5, 5.41) is 2.97. The first kappa shape index (κ1) is 26.0. The van der Waals surface area contributed by atoms with Crippen LogP contribution in [0.4, 0.5) is 0 Å². The lowest BCUT2D eigenvalue weighted by atomic mass is 10.2. The summed E-state index contributed by atoms with van der Waals surface area (Å²) in [5.41, 5.74) is 1.29. The van der Waals surface area contributed by atoms with E-state index >= 15 is 0 Å². The van der Waals surface area contributed by atoms with E-state index in [0.29, 0.717) is 21.9 Å². The van der Waals surface area contributed by atoms with Gasteiger partial charge in [0.05, 0.1) is 34.4 Å². The Morgan fingerprint density at radius 2 is 1.19 bits per heavy atom. The number of aromatic amines is 2. The maximum absolute atomic E-state index is 11.1. The minimum absolute atomic E-state index is 0.179. The number of aromatic nitrogens is 6. The molecular weight excluding hydrogens is 539 g/mol. The third kappa shape index (κ3) is 6.39. The zero-order valence-electron chi connectivity index (χ0n) is 19.1. The predicted octanol–water partition coefficient (Wildman–Crippen LogP) is 5.44. The van der Waals surface area contributed by atoms with Crippen molar-refractivity contribution in [2.45, 2.75) is 0 Å². The molecular formula is C25H17Cl3N6O3. The maximum Gasteiger partial charge on any atom is 0.326 e. The Morgan fingerprint density at radius 3 is 1.86 bits per heavy atom. The van der Waals surface area contributed by atoms with Crippen molar-refractivity contribution in [3.8, 4) is 5.88 Å². The maximum atomic E-state index is 11.1. The second-order valence-electron chi connectivity index (χ2n) is 7.27. The minimum atomic E-state index is -0.473. The molecule has 0 saturated carbocycles. The lowest BCUT2D eigenvalue weighted by molar-refractivity contribution is 0.402. The molecule has 0 aliphatic rings. The highest BCUT2D eigenvalue weighted by molar-refractivity contribution is 6.35. The zero-order valence-corrected chi connectivity index (χ0v) is 21.3. The minimum Gasteiger partial charge on any atom is -0.480 e. The summed E-state index contributed by atoms with van der Waals surface area (Å²) in [7, 11) is 1.56. The number of hydrogen-bond acceptors (Lipinski definition) is 7. The normalized spacial score (nSPS) is 10.4. The summed E-state index contributed by atoms with van der Waals surface area (Å²) in [6, 6.07) is 21.9. The van der Waals surface area contributed by atoms with Crippen LogP contribution in [0.5, 0.6) is 5.88 Å². The molecule has 0 bridgehead atoms. The van der Waals surface area contributed by atoms with Gasteiger partial charge in [-0.2, -0.15) is 4.98 Å². The fourth-order valence-electron chi connectivity index (χ4n) is 3.30. The molecule has 0 aliphatic heterocycles. The average Bonchev–Trinajstić information content (AvgIpc) is 2.89. The highest BCUT2D eigenvalue weighted by atomic mass is 35.5. The van der Waals surface area contributed by atoms with E-state index < -0.39 is 5.69 Å². The molecule has 37 heavy (non-hydrogen) atoms. The van der Waals surface area contributed by atoms with Crippen molar-refractivity contribution in [3.63, 3.8) is 0 Å². The van der Waals surface area contributed by atoms with Gasteiger partial charge in [-0.05, 0) is 59.6 Å². The number of para-hydroxylation sites is 3. The van der Waals surface area contributed by atoms with Crippen molar-refractivity contribution >= 4 is 67.5 Å². The lowest BCUT2D eigenvalue weighted by Gasteiger charge is -2.02. The van der Waals surface area contributed by atoms with Gasteiger partial charge < -0.3 is 9.72 Å². The number of benzene rings is 3. The highest BCUT2D eigenvalue weighted by Crippen LogP contribution is 2.23. The number of ether oxygens (including phenoxy) is 1. The molecule has 3 heterocycles. The Kier molecular flexibility index (Phi) is 8.29. The van der Waals surface area contributed by atoms with Crippen LogP contribution in [-0.2, 0) is 0 Å². The standard InChI is InChI=1S/C9H7ClN2O.C8H4Cl2N2.C8H6N2O2/c1-13-8-6-4-2-3-5-7(6)11-9(10)12-8;9-7-5-3-1-2-4-6(5)11-8(10)12-7;11-7-5-3-1-2-4-6(5)9-8(12)10-7/h2-5H,1H3;1-4H;1-4H,(H2,9,10,11,12). The van der Waals surface area contributed by atoms with Crippen molar-refractivity contribution in [1.82, 2.24) is 29.9 Å². The van der Waals surface area contributed by atoms with Gasteiger partial charge in [0.2, 0.25) is 16.4 Å². The summed E-state index contributed by atoms with van der Waals surface area (Å²) in [6.45, 7) is 0. The van der Waals surface area contributed by atoms with Crippen LogP contribution >= 0.6 is 34.8 Å². The number of H-pyrrole nitrogens is 2. The molecule has 0 unspecified atom stereocenters. The molecule has 6 aromatic rings. The molecule has 0 amide bonds. The van der Waals surface area contributed by atoms with E-state index in [9.17, 15) is 9.59 Å². The largest absolute Gasteiger partial charge is 0.480 e. The monoisotopic (exact) mass is 554 g/mol. The highest BCUT2D eigenvalue weighted by Gasteiger charge is 2.05. The SMILES string of the molecule is COc1nc(Cl)nc2ccccc12.Clc1nc(Cl)c2ccccc2n1.O=c1[nH]c(=O)c2ccccc2[nH]1. The summed E-state index contributed by atoms with van der Waals surface area (Å²) < 4.78 is 5.07. The van der Waals surface area contributed by atoms with Crippen molar-refractivity contribution in [2.75, 3.05) is 7.11 Å².